The van der Waals surface area contributed by atoms with Crippen molar-refractivity contribution in [3.8, 4) is 0 Å². The lowest BCUT2D eigenvalue weighted by molar-refractivity contribution is -0.696. The Labute approximate surface area is 109 Å². The first kappa shape index (κ1) is 14.0. The maximum absolute atomic E-state index is 4.60. The molecule has 0 aliphatic rings. The van der Waals surface area contributed by atoms with Gasteiger partial charge in [-0.15, -0.1) is 0 Å². The lowest BCUT2D eigenvalue weighted by Crippen LogP contribution is -2.32. The number of unbranched alkanes of at least 4 members (excludes halogenated alkanes) is 5. The van der Waals surface area contributed by atoms with Crippen molar-refractivity contribution in [3.05, 3.63) is 24.5 Å². The van der Waals surface area contributed by atoms with Crippen molar-refractivity contribution in [1.29, 1.82) is 0 Å². The van der Waals surface area contributed by atoms with E-state index in [1.165, 1.54) is 38.5 Å². The average molecular weight is 249 g/mol. The van der Waals surface area contributed by atoms with E-state index < -0.39 is 0 Å². The number of isothiocyanates is 1. The minimum atomic E-state index is 0.883. The fourth-order valence-electron chi connectivity index (χ4n) is 1.84. The molecule has 0 bridgehead atoms. The minimum Gasteiger partial charge on any atom is -0.203 e. The molecule has 3 heteroatoms. The first-order valence-corrected chi connectivity index (χ1v) is 6.84. The standard InChI is InChI=1S/C14H21N2S/c1-2-3-4-5-6-7-10-16-11-8-9-14(12-16)15-13-17/h8-9,11-12H,2-7,10H2,1H3/q+1. The number of nitrogens with zero attached hydrogens (tertiary/aromatic N) is 2. The third-order valence-electron chi connectivity index (χ3n) is 2.79. The summed E-state index contributed by atoms with van der Waals surface area (Å²) in [4.78, 5) is 3.98. The predicted octanol–water partition coefficient (Wildman–Crippen LogP) is 4.07. The van der Waals surface area contributed by atoms with Crippen molar-refractivity contribution in [2.75, 3.05) is 0 Å². The highest BCUT2D eigenvalue weighted by Crippen LogP contribution is 2.07. The minimum absolute atomic E-state index is 0.883. The second kappa shape index (κ2) is 9.03. The molecule has 0 unspecified atom stereocenters. The number of hydrogen-bond acceptors (Lipinski definition) is 2. The quantitative estimate of drug-likeness (QED) is 0.293. The van der Waals surface area contributed by atoms with Gasteiger partial charge in [0.05, 0.1) is 5.16 Å². The highest BCUT2D eigenvalue weighted by Gasteiger charge is 2.01. The molecule has 0 N–H and O–H groups in total. The normalized spacial score (nSPS) is 9.94. The molecule has 2 nitrogen and oxygen atoms in total. The fourth-order valence-corrected chi connectivity index (χ4v) is 1.95. The third kappa shape index (κ3) is 6.30. The van der Waals surface area contributed by atoms with Crippen LogP contribution in [-0.4, -0.2) is 5.16 Å². The third-order valence-corrected chi connectivity index (χ3v) is 2.88. The van der Waals surface area contributed by atoms with Crippen LogP contribution in [0.3, 0.4) is 0 Å². The van der Waals surface area contributed by atoms with Gasteiger partial charge in [-0.1, -0.05) is 32.6 Å². The molecule has 17 heavy (non-hydrogen) atoms. The molecule has 0 amide bonds. The second-order valence-corrected chi connectivity index (χ2v) is 4.45. The highest BCUT2D eigenvalue weighted by atomic mass is 32.1. The Balaban J connectivity index is 2.26. The maximum atomic E-state index is 4.60. The van der Waals surface area contributed by atoms with E-state index >= 15 is 0 Å². The van der Waals surface area contributed by atoms with Crippen molar-refractivity contribution in [1.82, 2.24) is 0 Å². The first-order valence-electron chi connectivity index (χ1n) is 6.44. The zero-order chi connectivity index (χ0) is 12.3. The SMILES string of the molecule is CCCCCCCC[n+]1cccc(N=C=S)c1. The van der Waals surface area contributed by atoms with Crippen LogP contribution in [0.5, 0.6) is 0 Å². The predicted molar refractivity (Wildman–Crippen MR) is 74.7 cm³/mol. The molecule has 92 valence electrons. The van der Waals surface area contributed by atoms with E-state index in [4.69, 9.17) is 0 Å². The van der Waals surface area contributed by atoms with E-state index in [1.807, 2.05) is 18.3 Å². The summed E-state index contributed by atoms with van der Waals surface area (Å²) < 4.78 is 2.17. The lowest BCUT2D eigenvalue weighted by Gasteiger charge is -1.99. The molecular formula is C14H21N2S+. The molecule has 0 saturated heterocycles. The van der Waals surface area contributed by atoms with Crippen LogP contribution >= 0.6 is 12.2 Å². The molecular weight excluding hydrogens is 228 g/mol. The van der Waals surface area contributed by atoms with E-state index in [1.54, 1.807) is 0 Å². The van der Waals surface area contributed by atoms with Gasteiger partial charge in [0.2, 0.25) is 0 Å². The molecule has 1 aromatic rings. The van der Waals surface area contributed by atoms with E-state index in [9.17, 15) is 0 Å². The van der Waals surface area contributed by atoms with Crippen molar-refractivity contribution in [3.63, 3.8) is 0 Å². The fraction of sp³-hybridized carbons (Fsp3) is 0.571. The van der Waals surface area contributed by atoms with E-state index in [0.717, 1.165) is 12.2 Å². The van der Waals surface area contributed by atoms with Crippen LogP contribution in [0.1, 0.15) is 45.4 Å². The summed E-state index contributed by atoms with van der Waals surface area (Å²) in [6.45, 7) is 3.31. The maximum Gasteiger partial charge on any atom is 0.195 e. The smallest absolute Gasteiger partial charge is 0.195 e. The zero-order valence-corrected chi connectivity index (χ0v) is 11.4. The Morgan fingerprint density at radius 1 is 1.24 bits per heavy atom. The van der Waals surface area contributed by atoms with Gasteiger partial charge < -0.3 is 0 Å². The van der Waals surface area contributed by atoms with Crippen LogP contribution in [0, 0.1) is 0 Å². The molecule has 0 radical (unpaired) electrons. The van der Waals surface area contributed by atoms with Gasteiger partial charge in [-0.25, -0.2) is 4.57 Å². The molecule has 0 aliphatic carbocycles. The monoisotopic (exact) mass is 249 g/mol. The van der Waals surface area contributed by atoms with Crippen molar-refractivity contribution in [2.45, 2.75) is 52.0 Å². The Hall–Kier alpha value is -1.05. The summed E-state index contributed by atoms with van der Waals surface area (Å²) in [6.07, 6.45) is 12.0. The van der Waals surface area contributed by atoms with Crippen LogP contribution in [0.2, 0.25) is 0 Å². The Bertz CT molecular complexity index is 370. The van der Waals surface area contributed by atoms with Crippen LogP contribution in [0.4, 0.5) is 5.69 Å². The van der Waals surface area contributed by atoms with Gasteiger partial charge in [0.25, 0.3) is 0 Å². The van der Waals surface area contributed by atoms with E-state index in [0.29, 0.717) is 0 Å². The van der Waals surface area contributed by atoms with Crippen LogP contribution in [-0.2, 0) is 6.54 Å². The molecule has 0 aromatic carbocycles. The van der Waals surface area contributed by atoms with Gasteiger partial charge in [0.1, 0.15) is 12.2 Å². The zero-order valence-electron chi connectivity index (χ0n) is 10.6. The highest BCUT2D eigenvalue weighted by molar-refractivity contribution is 7.78. The first-order chi connectivity index (χ1) is 8.36. The van der Waals surface area contributed by atoms with Gasteiger partial charge in [-0.2, -0.15) is 4.99 Å². The number of aliphatic imine (C=N–C) groups is 1. The largest absolute Gasteiger partial charge is 0.203 e. The van der Waals surface area contributed by atoms with Crippen LogP contribution < -0.4 is 4.57 Å². The summed E-state index contributed by atoms with van der Waals surface area (Å²) in [7, 11) is 0. The molecule has 0 saturated carbocycles. The lowest BCUT2D eigenvalue weighted by atomic mass is 10.1. The van der Waals surface area contributed by atoms with Gasteiger partial charge in [0, 0.05) is 12.5 Å². The van der Waals surface area contributed by atoms with Gasteiger partial charge in [0.15, 0.2) is 12.4 Å². The Morgan fingerprint density at radius 2 is 2.00 bits per heavy atom. The molecule has 0 fully saturated rings. The van der Waals surface area contributed by atoms with Crippen molar-refractivity contribution in [2.24, 2.45) is 4.99 Å². The van der Waals surface area contributed by atoms with Gasteiger partial charge in [-0.3, -0.25) is 0 Å². The molecule has 1 rings (SSSR count). The second-order valence-electron chi connectivity index (χ2n) is 4.27. The Morgan fingerprint density at radius 3 is 2.76 bits per heavy atom. The summed E-state index contributed by atoms with van der Waals surface area (Å²) in [6, 6.07) is 3.94. The van der Waals surface area contributed by atoms with Crippen LogP contribution in [0.25, 0.3) is 0 Å². The summed E-state index contributed by atoms with van der Waals surface area (Å²) in [5.41, 5.74) is 0.883. The van der Waals surface area contributed by atoms with Crippen molar-refractivity contribution >= 4 is 23.1 Å². The van der Waals surface area contributed by atoms with Gasteiger partial charge >= 0.3 is 0 Å². The number of aryl methyl sites for hydroxylation is 1. The van der Waals surface area contributed by atoms with Gasteiger partial charge in [-0.05, 0) is 24.7 Å². The summed E-state index contributed by atoms with van der Waals surface area (Å²) in [5, 5.41) is 2.40. The molecule has 1 heterocycles. The van der Waals surface area contributed by atoms with E-state index in [-0.39, 0.29) is 0 Å². The summed E-state index contributed by atoms with van der Waals surface area (Å²) >= 11 is 4.60. The number of thiocarbonyl (C=S) groups is 1. The number of rotatable bonds is 8. The Kier molecular flexibility index (Phi) is 7.44. The number of aromatic nitrogens is 1. The topological polar surface area (TPSA) is 16.2 Å². The summed E-state index contributed by atoms with van der Waals surface area (Å²) in [5.74, 6) is 0. The van der Waals surface area contributed by atoms with Crippen LogP contribution in [0.15, 0.2) is 29.5 Å². The number of pyridine rings is 1. The molecule has 0 spiro atoms. The number of hydrogen-bond donors (Lipinski definition) is 0. The van der Waals surface area contributed by atoms with Crippen molar-refractivity contribution < 1.29 is 4.57 Å². The average Bonchev–Trinajstić information content (AvgIpc) is 2.35. The van der Waals surface area contributed by atoms with E-state index in [2.05, 4.69) is 40.1 Å². The molecule has 1 aromatic heterocycles. The molecule has 0 aliphatic heterocycles. The molecule has 0 atom stereocenters.